The Morgan fingerprint density at radius 1 is 1.18 bits per heavy atom. The maximum absolute atomic E-state index is 11.3. The maximum Gasteiger partial charge on any atom is 0.344 e. The van der Waals surface area contributed by atoms with Gasteiger partial charge in [0.05, 0.1) is 18.5 Å². The normalized spacial score (nSPS) is 11.1. The molecule has 0 saturated heterocycles. The molecule has 9 heteroatoms. The van der Waals surface area contributed by atoms with Crippen molar-refractivity contribution in [2.24, 2.45) is 5.10 Å². The van der Waals surface area contributed by atoms with Crippen molar-refractivity contribution in [3.05, 3.63) is 53.1 Å². The third kappa shape index (κ3) is 4.43. The number of aromatic nitrogens is 5. The molecule has 0 unspecified atom stereocenters. The first-order chi connectivity index (χ1) is 13.5. The molecule has 0 spiro atoms. The van der Waals surface area contributed by atoms with E-state index in [9.17, 15) is 4.79 Å². The molecule has 0 radical (unpaired) electrons. The lowest BCUT2D eigenvalue weighted by molar-refractivity contribution is -0.145. The van der Waals surface area contributed by atoms with Gasteiger partial charge in [0.2, 0.25) is 0 Å². The van der Waals surface area contributed by atoms with Crippen LogP contribution in [-0.2, 0) is 9.53 Å². The summed E-state index contributed by atoms with van der Waals surface area (Å²) in [4.78, 5) is 11.3. The first-order valence-electron chi connectivity index (χ1n) is 8.86. The largest absolute Gasteiger partial charge is 0.482 e. The van der Waals surface area contributed by atoms with Crippen molar-refractivity contribution in [1.29, 1.82) is 0 Å². The first-order valence-corrected chi connectivity index (χ1v) is 8.86. The van der Waals surface area contributed by atoms with E-state index in [4.69, 9.17) is 9.47 Å². The van der Waals surface area contributed by atoms with E-state index < -0.39 is 5.97 Å². The van der Waals surface area contributed by atoms with Gasteiger partial charge in [-0.2, -0.15) is 14.9 Å². The van der Waals surface area contributed by atoms with Gasteiger partial charge < -0.3 is 9.47 Å². The van der Waals surface area contributed by atoms with Crippen LogP contribution >= 0.6 is 0 Å². The zero-order valence-corrected chi connectivity index (χ0v) is 16.3. The van der Waals surface area contributed by atoms with E-state index in [0.717, 1.165) is 17.0 Å². The standard InChI is InChI=1S/C19H22N6O3/c1-5-27-18(26)12-28-17-8-6-16(7-9-17)11-20-25-15(4)21-22-19(25)24-14(3)10-13(2)23-24/h6-11H,5,12H2,1-4H3. The number of hydrogen-bond acceptors (Lipinski definition) is 7. The second kappa shape index (κ2) is 8.47. The lowest BCUT2D eigenvalue weighted by Gasteiger charge is -2.06. The van der Waals surface area contributed by atoms with Crippen LogP contribution in [0.1, 0.15) is 29.7 Å². The number of ether oxygens (including phenoxy) is 2. The Hall–Kier alpha value is -3.49. The van der Waals surface area contributed by atoms with Crippen molar-refractivity contribution in [2.75, 3.05) is 13.2 Å². The maximum atomic E-state index is 11.3. The Morgan fingerprint density at radius 3 is 2.57 bits per heavy atom. The smallest absolute Gasteiger partial charge is 0.344 e. The van der Waals surface area contributed by atoms with Gasteiger partial charge in [-0.3, -0.25) is 0 Å². The molecule has 0 saturated carbocycles. The Kier molecular flexibility index (Phi) is 5.83. The molecular weight excluding hydrogens is 360 g/mol. The molecule has 3 rings (SSSR count). The highest BCUT2D eigenvalue weighted by Gasteiger charge is 2.13. The van der Waals surface area contributed by atoms with Crippen LogP contribution in [0.2, 0.25) is 0 Å². The van der Waals surface area contributed by atoms with Crippen LogP contribution in [-0.4, -0.2) is 50.1 Å². The predicted octanol–water partition coefficient (Wildman–Crippen LogP) is 2.21. The Labute approximate surface area is 162 Å². The highest BCUT2D eigenvalue weighted by molar-refractivity contribution is 5.79. The van der Waals surface area contributed by atoms with Crippen molar-refractivity contribution in [1.82, 2.24) is 24.7 Å². The van der Waals surface area contributed by atoms with Gasteiger partial charge in [-0.15, -0.1) is 10.2 Å². The zero-order valence-electron chi connectivity index (χ0n) is 16.3. The monoisotopic (exact) mass is 382 g/mol. The van der Waals surface area contributed by atoms with E-state index in [0.29, 0.717) is 24.1 Å². The molecule has 0 aliphatic rings. The van der Waals surface area contributed by atoms with E-state index in [2.05, 4.69) is 20.4 Å². The summed E-state index contributed by atoms with van der Waals surface area (Å²) in [6.07, 6.45) is 1.70. The SMILES string of the molecule is CCOC(=O)COc1ccc(C=Nn2c(C)nnc2-n2nc(C)cc2C)cc1. The molecule has 1 aromatic carbocycles. The fourth-order valence-electron chi connectivity index (χ4n) is 2.56. The third-order valence-corrected chi connectivity index (χ3v) is 3.84. The summed E-state index contributed by atoms with van der Waals surface area (Å²) in [5.41, 5.74) is 2.70. The minimum absolute atomic E-state index is 0.118. The molecule has 3 aromatic rings. The molecule has 0 amide bonds. The molecule has 0 fully saturated rings. The van der Waals surface area contributed by atoms with Crippen LogP contribution in [0, 0.1) is 20.8 Å². The summed E-state index contributed by atoms with van der Waals surface area (Å²) < 4.78 is 13.5. The van der Waals surface area contributed by atoms with Crippen LogP contribution in [0.3, 0.4) is 0 Å². The van der Waals surface area contributed by atoms with Crippen LogP contribution in [0.5, 0.6) is 5.75 Å². The molecule has 0 aliphatic carbocycles. The summed E-state index contributed by atoms with van der Waals surface area (Å²) in [5, 5.41) is 17.2. The minimum atomic E-state index is -0.395. The van der Waals surface area contributed by atoms with Gasteiger partial charge in [-0.1, -0.05) is 0 Å². The third-order valence-electron chi connectivity index (χ3n) is 3.84. The Morgan fingerprint density at radius 2 is 1.93 bits per heavy atom. The van der Waals surface area contributed by atoms with Crippen LogP contribution in [0.25, 0.3) is 5.95 Å². The van der Waals surface area contributed by atoms with Crippen LogP contribution in [0.15, 0.2) is 35.4 Å². The lowest BCUT2D eigenvalue weighted by Crippen LogP contribution is -2.14. The van der Waals surface area contributed by atoms with Gasteiger partial charge in [0, 0.05) is 5.69 Å². The zero-order chi connectivity index (χ0) is 20.1. The van der Waals surface area contributed by atoms with E-state index in [1.54, 1.807) is 34.6 Å². The molecule has 2 heterocycles. The Balaban J connectivity index is 1.73. The summed E-state index contributed by atoms with van der Waals surface area (Å²) in [5.74, 6) is 1.35. The number of aryl methyl sites for hydroxylation is 3. The number of carbonyl (C=O) groups is 1. The number of esters is 1. The summed E-state index contributed by atoms with van der Waals surface area (Å²) >= 11 is 0. The molecule has 28 heavy (non-hydrogen) atoms. The van der Waals surface area contributed by atoms with Crippen molar-refractivity contribution in [2.45, 2.75) is 27.7 Å². The number of hydrogen-bond donors (Lipinski definition) is 0. The summed E-state index contributed by atoms with van der Waals surface area (Å²) in [6, 6.07) is 9.18. The molecule has 9 nitrogen and oxygen atoms in total. The average molecular weight is 382 g/mol. The highest BCUT2D eigenvalue weighted by atomic mass is 16.6. The van der Waals surface area contributed by atoms with E-state index in [-0.39, 0.29) is 6.61 Å². The van der Waals surface area contributed by atoms with Gasteiger partial charge in [0.15, 0.2) is 12.4 Å². The van der Waals surface area contributed by atoms with Crippen molar-refractivity contribution in [3.63, 3.8) is 0 Å². The second-order valence-corrected chi connectivity index (χ2v) is 6.11. The van der Waals surface area contributed by atoms with E-state index >= 15 is 0 Å². The number of nitrogens with zero attached hydrogens (tertiary/aromatic N) is 6. The summed E-state index contributed by atoms with van der Waals surface area (Å²) in [6.45, 7) is 7.67. The van der Waals surface area contributed by atoms with E-state index in [1.807, 2.05) is 39.0 Å². The van der Waals surface area contributed by atoms with Gasteiger partial charge in [-0.05, 0) is 63.6 Å². The topological polar surface area (TPSA) is 96.4 Å². The van der Waals surface area contributed by atoms with Crippen LogP contribution < -0.4 is 4.74 Å². The second-order valence-electron chi connectivity index (χ2n) is 6.11. The molecule has 146 valence electrons. The van der Waals surface area contributed by atoms with Crippen molar-refractivity contribution in [3.8, 4) is 11.7 Å². The number of benzene rings is 1. The first kappa shape index (κ1) is 19.3. The minimum Gasteiger partial charge on any atom is -0.482 e. The molecule has 2 aromatic heterocycles. The van der Waals surface area contributed by atoms with Gasteiger partial charge in [-0.25, -0.2) is 9.48 Å². The number of rotatable bonds is 7. The quantitative estimate of drug-likeness (QED) is 0.459. The molecule has 0 atom stereocenters. The summed E-state index contributed by atoms with van der Waals surface area (Å²) in [7, 11) is 0. The highest BCUT2D eigenvalue weighted by Crippen LogP contribution is 2.13. The van der Waals surface area contributed by atoms with E-state index in [1.165, 1.54) is 0 Å². The molecule has 0 aliphatic heterocycles. The molecule has 0 N–H and O–H groups in total. The number of carbonyl (C=O) groups excluding carboxylic acids is 1. The molecular formula is C19H22N6O3. The van der Waals surface area contributed by atoms with Crippen molar-refractivity contribution >= 4 is 12.2 Å². The average Bonchev–Trinajstić information content (AvgIpc) is 3.20. The van der Waals surface area contributed by atoms with Crippen molar-refractivity contribution < 1.29 is 14.3 Å². The lowest BCUT2D eigenvalue weighted by atomic mass is 10.2. The van der Waals surface area contributed by atoms with Gasteiger partial charge >= 0.3 is 5.97 Å². The van der Waals surface area contributed by atoms with Crippen LogP contribution in [0.4, 0.5) is 0 Å². The predicted molar refractivity (Wildman–Crippen MR) is 103 cm³/mol. The fourth-order valence-corrected chi connectivity index (χ4v) is 2.56. The molecule has 0 bridgehead atoms. The Bertz CT molecular complexity index is 988. The van der Waals surface area contributed by atoms with Gasteiger partial charge in [0.1, 0.15) is 5.75 Å². The fraction of sp³-hybridized carbons (Fsp3) is 0.316. The van der Waals surface area contributed by atoms with Gasteiger partial charge in [0.25, 0.3) is 5.95 Å².